The van der Waals surface area contributed by atoms with Crippen LogP contribution in [0.5, 0.6) is 5.75 Å². The van der Waals surface area contributed by atoms with E-state index in [1.54, 1.807) is 24.4 Å². The first kappa shape index (κ1) is 7.12. The van der Waals surface area contributed by atoms with Crippen molar-refractivity contribution in [2.45, 2.75) is 0 Å². The molecule has 62 valence electrons. The SMILES string of the molecule is Oc1ccccc1N1N=CCO1. The average Bonchev–Trinajstić information content (AvgIpc) is 2.57. The Balaban J connectivity index is 2.33. The van der Waals surface area contributed by atoms with Crippen LogP contribution in [0.1, 0.15) is 0 Å². The third kappa shape index (κ3) is 1.12. The fourth-order valence-electron chi connectivity index (χ4n) is 1.00. The maximum atomic E-state index is 9.38. The fraction of sp³-hybridized carbons (Fsp3) is 0.125. The number of rotatable bonds is 1. The summed E-state index contributed by atoms with van der Waals surface area (Å²) in [6.45, 7) is 0.453. The standard InChI is InChI=1S/C8H8N2O2/c11-8-4-2-1-3-7(8)10-9-5-6-12-10/h1-5,11H,6H2. The van der Waals surface area contributed by atoms with Crippen molar-refractivity contribution < 1.29 is 9.94 Å². The van der Waals surface area contributed by atoms with Gasteiger partial charge in [0.2, 0.25) is 0 Å². The Kier molecular flexibility index (Phi) is 1.68. The summed E-state index contributed by atoms with van der Waals surface area (Å²) in [5.74, 6) is 0.163. The van der Waals surface area contributed by atoms with Crippen molar-refractivity contribution in [3.63, 3.8) is 0 Å². The van der Waals surface area contributed by atoms with Crippen molar-refractivity contribution in [3.05, 3.63) is 24.3 Å². The molecule has 2 rings (SSSR count). The summed E-state index contributed by atoms with van der Waals surface area (Å²) in [5.41, 5.74) is 0.561. The summed E-state index contributed by atoms with van der Waals surface area (Å²) in [5, 5.41) is 14.6. The number of phenols is 1. The molecular formula is C8H8N2O2. The molecule has 1 heterocycles. The number of para-hydroxylation sites is 2. The summed E-state index contributed by atoms with van der Waals surface area (Å²) < 4.78 is 0. The monoisotopic (exact) mass is 164 g/mol. The van der Waals surface area contributed by atoms with E-state index in [-0.39, 0.29) is 5.75 Å². The zero-order chi connectivity index (χ0) is 8.39. The highest BCUT2D eigenvalue weighted by molar-refractivity contribution is 5.65. The summed E-state index contributed by atoms with van der Waals surface area (Å²) in [6, 6.07) is 6.88. The molecule has 0 atom stereocenters. The first-order valence-corrected chi connectivity index (χ1v) is 3.61. The van der Waals surface area contributed by atoms with Gasteiger partial charge in [-0.1, -0.05) is 12.1 Å². The molecule has 4 heteroatoms. The maximum absolute atomic E-state index is 9.38. The summed E-state index contributed by atoms with van der Waals surface area (Å²) in [7, 11) is 0. The number of benzene rings is 1. The van der Waals surface area contributed by atoms with Crippen LogP contribution in [0.4, 0.5) is 5.69 Å². The number of anilines is 1. The Bertz CT molecular complexity index is 312. The molecule has 0 aromatic heterocycles. The Morgan fingerprint density at radius 2 is 2.25 bits per heavy atom. The van der Waals surface area contributed by atoms with Crippen LogP contribution in [-0.4, -0.2) is 17.9 Å². The van der Waals surface area contributed by atoms with E-state index in [0.29, 0.717) is 12.3 Å². The Morgan fingerprint density at radius 1 is 1.42 bits per heavy atom. The van der Waals surface area contributed by atoms with Gasteiger partial charge in [-0.05, 0) is 12.1 Å². The van der Waals surface area contributed by atoms with Gasteiger partial charge in [0, 0.05) is 0 Å². The second-order valence-corrected chi connectivity index (χ2v) is 2.36. The van der Waals surface area contributed by atoms with Crippen LogP contribution in [0.3, 0.4) is 0 Å². The quantitative estimate of drug-likeness (QED) is 0.676. The average molecular weight is 164 g/mol. The molecule has 1 aromatic carbocycles. The number of hydrazone groups is 1. The summed E-state index contributed by atoms with van der Waals surface area (Å²) in [6.07, 6.45) is 1.63. The van der Waals surface area contributed by atoms with E-state index in [0.717, 1.165) is 0 Å². The molecule has 4 nitrogen and oxygen atoms in total. The van der Waals surface area contributed by atoms with Crippen LogP contribution in [0.15, 0.2) is 29.4 Å². The normalized spacial score (nSPS) is 15.5. The van der Waals surface area contributed by atoms with Crippen molar-refractivity contribution in [2.24, 2.45) is 5.10 Å². The molecule has 0 saturated heterocycles. The number of aromatic hydroxyl groups is 1. The van der Waals surface area contributed by atoms with Gasteiger partial charge in [-0.2, -0.15) is 5.10 Å². The van der Waals surface area contributed by atoms with Gasteiger partial charge in [-0.3, -0.25) is 0 Å². The molecule has 0 aliphatic carbocycles. The predicted octanol–water partition coefficient (Wildman–Crippen LogP) is 1.13. The first-order valence-electron chi connectivity index (χ1n) is 3.61. The van der Waals surface area contributed by atoms with Crippen LogP contribution in [-0.2, 0) is 4.84 Å². The highest BCUT2D eigenvalue weighted by Gasteiger charge is 2.12. The van der Waals surface area contributed by atoms with E-state index in [1.807, 2.05) is 6.07 Å². The second-order valence-electron chi connectivity index (χ2n) is 2.36. The van der Waals surface area contributed by atoms with Crippen LogP contribution in [0, 0.1) is 0 Å². The lowest BCUT2D eigenvalue weighted by atomic mass is 10.3. The van der Waals surface area contributed by atoms with Gasteiger partial charge in [0.25, 0.3) is 0 Å². The zero-order valence-electron chi connectivity index (χ0n) is 6.34. The Labute approximate surface area is 69.6 Å². The fourth-order valence-corrected chi connectivity index (χ4v) is 1.00. The molecule has 0 saturated carbocycles. The van der Waals surface area contributed by atoms with Crippen LogP contribution >= 0.6 is 0 Å². The molecule has 0 bridgehead atoms. The number of phenolic OH excluding ortho intramolecular Hbond substituents is 1. The molecule has 0 amide bonds. The van der Waals surface area contributed by atoms with E-state index in [2.05, 4.69) is 5.10 Å². The minimum atomic E-state index is 0.163. The van der Waals surface area contributed by atoms with Gasteiger partial charge in [-0.25, -0.2) is 4.84 Å². The Morgan fingerprint density at radius 3 is 2.92 bits per heavy atom. The van der Waals surface area contributed by atoms with Gasteiger partial charge in [0.15, 0.2) is 0 Å². The van der Waals surface area contributed by atoms with Crippen molar-refractivity contribution in [2.75, 3.05) is 11.8 Å². The maximum Gasteiger partial charge on any atom is 0.143 e. The van der Waals surface area contributed by atoms with E-state index in [4.69, 9.17) is 4.84 Å². The minimum Gasteiger partial charge on any atom is -0.506 e. The third-order valence-electron chi connectivity index (χ3n) is 1.55. The molecule has 0 unspecified atom stereocenters. The smallest absolute Gasteiger partial charge is 0.143 e. The largest absolute Gasteiger partial charge is 0.506 e. The molecule has 12 heavy (non-hydrogen) atoms. The van der Waals surface area contributed by atoms with Gasteiger partial charge >= 0.3 is 0 Å². The molecular weight excluding hydrogens is 156 g/mol. The summed E-state index contributed by atoms with van der Waals surface area (Å²) >= 11 is 0. The first-order chi connectivity index (χ1) is 5.88. The highest BCUT2D eigenvalue weighted by atomic mass is 16.7. The third-order valence-corrected chi connectivity index (χ3v) is 1.55. The molecule has 0 spiro atoms. The van der Waals surface area contributed by atoms with Crippen molar-refractivity contribution in [1.29, 1.82) is 0 Å². The molecule has 1 aromatic rings. The zero-order valence-corrected chi connectivity index (χ0v) is 6.34. The van der Waals surface area contributed by atoms with Gasteiger partial charge in [0.05, 0.1) is 6.21 Å². The van der Waals surface area contributed by atoms with Crippen LogP contribution in [0.25, 0.3) is 0 Å². The molecule has 1 aliphatic rings. The van der Waals surface area contributed by atoms with E-state index >= 15 is 0 Å². The summed E-state index contributed by atoms with van der Waals surface area (Å²) in [4.78, 5) is 5.07. The number of nitrogens with zero attached hydrogens (tertiary/aromatic N) is 2. The molecule has 0 radical (unpaired) electrons. The topological polar surface area (TPSA) is 45.1 Å². The van der Waals surface area contributed by atoms with Gasteiger partial charge < -0.3 is 5.11 Å². The van der Waals surface area contributed by atoms with E-state index in [9.17, 15) is 5.11 Å². The minimum absolute atomic E-state index is 0.163. The molecule has 0 fully saturated rings. The van der Waals surface area contributed by atoms with Crippen molar-refractivity contribution in [1.82, 2.24) is 0 Å². The highest BCUT2D eigenvalue weighted by Crippen LogP contribution is 2.27. The Hall–Kier alpha value is -1.55. The van der Waals surface area contributed by atoms with Crippen molar-refractivity contribution in [3.8, 4) is 5.75 Å². The lowest BCUT2D eigenvalue weighted by molar-refractivity contribution is 0.165. The van der Waals surface area contributed by atoms with Gasteiger partial charge in [0.1, 0.15) is 18.0 Å². The van der Waals surface area contributed by atoms with Crippen molar-refractivity contribution >= 4 is 11.9 Å². The molecule has 1 aliphatic heterocycles. The van der Waals surface area contributed by atoms with Crippen LogP contribution < -0.4 is 5.17 Å². The second kappa shape index (κ2) is 2.83. The van der Waals surface area contributed by atoms with E-state index < -0.39 is 0 Å². The molecule has 1 N–H and O–H groups in total. The predicted molar refractivity (Wildman–Crippen MR) is 45.0 cm³/mol. The van der Waals surface area contributed by atoms with Gasteiger partial charge in [-0.15, -0.1) is 5.17 Å². The number of hydrogen-bond acceptors (Lipinski definition) is 4. The van der Waals surface area contributed by atoms with E-state index in [1.165, 1.54) is 5.17 Å². The lowest BCUT2D eigenvalue weighted by Gasteiger charge is -2.12. The number of hydrogen-bond donors (Lipinski definition) is 1. The van der Waals surface area contributed by atoms with Crippen LogP contribution in [0.2, 0.25) is 0 Å². The lowest BCUT2D eigenvalue weighted by Crippen LogP contribution is -2.10.